The Labute approximate surface area is 285 Å². The molecule has 2 aromatic carbocycles. The first-order valence-corrected chi connectivity index (χ1v) is 19.4. The number of rotatable bonds is 7. The van der Waals surface area contributed by atoms with Crippen molar-refractivity contribution in [1.82, 2.24) is 19.9 Å². The standard InChI is InChI=1S/C35H43N5O6S2/c1-34(18-19-34)48(44,45)39-32(43)35-21-23(35)12-6-3-2-4-9-16-27(36-24-13-7-5-8-14-24)31(42)40-22-25(20-28(40)30(41)38-35)46-33-37-26-15-10-11-17-29(26)47-33/h5,7-8,10-11,13-15,17,23,25,27-28,36H,2-4,6,9,12,16,18-22H2,1H3,(H,38,41)(H,39,43)/t23-,25-,27+,28+,35-/m1/s1. The SMILES string of the molecule is CC1(S(=O)(=O)NC(=O)[C@@]23C[C@H]2CCCCCCC[C@H](Nc2ccccc2)C(=O)N2C[C@H](Oc4nc5ccccc5s4)C[C@H]2C(=O)N3)CC1. The number of hydrogen-bond acceptors (Lipinski definition) is 9. The van der Waals surface area contributed by atoms with Gasteiger partial charge in [0.2, 0.25) is 21.8 Å². The Hall–Kier alpha value is -3.71. The highest BCUT2D eigenvalue weighted by Crippen LogP contribution is 2.49. The van der Waals surface area contributed by atoms with Gasteiger partial charge in [0, 0.05) is 12.1 Å². The van der Waals surface area contributed by atoms with Crippen LogP contribution in [0.25, 0.3) is 10.2 Å². The van der Waals surface area contributed by atoms with Gasteiger partial charge < -0.3 is 20.3 Å². The highest BCUT2D eigenvalue weighted by molar-refractivity contribution is 7.91. The third-order valence-corrected chi connectivity index (χ3v) is 13.6. The first kappa shape index (κ1) is 32.8. The number of ether oxygens (including phenoxy) is 1. The van der Waals surface area contributed by atoms with Gasteiger partial charge in [-0.05, 0) is 69.2 Å². The van der Waals surface area contributed by atoms with Gasteiger partial charge >= 0.3 is 0 Å². The number of fused-ring (bicyclic) bond motifs is 3. The van der Waals surface area contributed by atoms with Crippen LogP contribution in [0.4, 0.5) is 5.69 Å². The molecule has 2 saturated carbocycles. The van der Waals surface area contributed by atoms with E-state index in [4.69, 9.17) is 4.74 Å². The summed E-state index contributed by atoms with van der Waals surface area (Å²) >= 11 is 1.41. The second-order valence-electron chi connectivity index (χ2n) is 14.1. The van der Waals surface area contributed by atoms with Crippen molar-refractivity contribution in [2.45, 2.75) is 106 Å². The van der Waals surface area contributed by atoms with E-state index in [0.717, 1.165) is 48.0 Å². The van der Waals surface area contributed by atoms with Gasteiger partial charge in [-0.1, -0.05) is 73.8 Å². The van der Waals surface area contributed by atoms with E-state index in [9.17, 15) is 22.8 Å². The number of amides is 3. The number of benzene rings is 2. The molecule has 4 fully saturated rings. The van der Waals surface area contributed by atoms with Crippen molar-refractivity contribution in [3.05, 3.63) is 54.6 Å². The quantitative estimate of drug-likeness (QED) is 0.322. The summed E-state index contributed by atoms with van der Waals surface area (Å²) in [6.45, 7) is 1.81. The first-order chi connectivity index (χ1) is 23.1. The van der Waals surface area contributed by atoms with Crippen LogP contribution in [0.1, 0.15) is 77.6 Å². The van der Waals surface area contributed by atoms with Crippen LogP contribution >= 0.6 is 11.3 Å². The summed E-state index contributed by atoms with van der Waals surface area (Å²) in [7, 11) is -3.90. The van der Waals surface area contributed by atoms with Crippen LogP contribution in [0.2, 0.25) is 0 Å². The lowest BCUT2D eigenvalue weighted by Crippen LogP contribution is -2.58. The summed E-state index contributed by atoms with van der Waals surface area (Å²) in [5.74, 6) is -1.54. The molecule has 2 saturated heterocycles. The van der Waals surface area contributed by atoms with Crippen LogP contribution < -0.4 is 20.1 Å². The van der Waals surface area contributed by atoms with E-state index in [1.165, 1.54) is 11.3 Å². The summed E-state index contributed by atoms with van der Waals surface area (Å²) in [5.41, 5.74) is 0.296. The molecule has 1 aromatic heterocycles. The summed E-state index contributed by atoms with van der Waals surface area (Å²) in [6, 6.07) is 15.8. The number of nitrogens with one attached hydrogen (secondary N) is 3. The second kappa shape index (κ2) is 13.0. The van der Waals surface area contributed by atoms with Crippen LogP contribution in [0.5, 0.6) is 5.19 Å². The molecule has 0 bridgehead atoms. The topological polar surface area (TPSA) is 147 Å². The van der Waals surface area contributed by atoms with E-state index in [1.54, 1.807) is 11.8 Å². The zero-order valence-corrected chi connectivity index (χ0v) is 28.8. The van der Waals surface area contributed by atoms with Crippen LogP contribution in [-0.4, -0.2) is 71.0 Å². The van der Waals surface area contributed by atoms with E-state index in [2.05, 4.69) is 20.3 Å². The maximum atomic E-state index is 14.4. The number of anilines is 1. The fraction of sp³-hybridized carbons (Fsp3) is 0.543. The van der Waals surface area contributed by atoms with E-state index < -0.39 is 50.3 Å². The number of para-hydroxylation sites is 2. The van der Waals surface area contributed by atoms with Crippen LogP contribution in [0.3, 0.4) is 0 Å². The lowest BCUT2D eigenvalue weighted by atomic mass is 10.0. The zero-order valence-electron chi connectivity index (χ0n) is 27.2. The summed E-state index contributed by atoms with van der Waals surface area (Å²) in [6.07, 6.45) is 6.99. The Morgan fingerprint density at radius 1 is 1.00 bits per heavy atom. The van der Waals surface area contributed by atoms with Crippen molar-refractivity contribution in [2.75, 3.05) is 11.9 Å². The van der Waals surface area contributed by atoms with Gasteiger partial charge in [-0.25, -0.2) is 13.4 Å². The number of sulfonamides is 1. The predicted molar refractivity (Wildman–Crippen MR) is 184 cm³/mol. The largest absolute Gasteiger partial charge is 0.465 e. The van der Waals surface area contributed by atoms with E-state index in [1.807, 2.05) is 54.6 Å². The third-order valence-electron chi connectivity index (χ3n) is 10.5. The Balaban J connectivity index is 1.17. The van der Waals surface area contributed by atoms with Gasteiger partial charge in [-0.3, -0.25) is 19.1 Å². The maximum Gasteiger partial charge on any atom is 0.274 e. The normalized spacial score (nSPS) is 29.1. The first-order valence-electron chi connectivity index (χ1n) is 17.1. The van der Waals surface area contributed by atoms with Gasteiger partial charge in [0.25, 0.3) is 11.1 Å². The molecular weight excluding hydrogens is 651 g/mol. The van der Waals surface area contributed by atoms with E-state index in [-0.39, 0.29) is 24.8 Å². The molecule has 4 aliphatic rings. The van der Waals surface area contributed by atoms with Crippen molar-refractivity contribution in [3.63, 3.8) is 0 Å². The van der Waals surface area contributed by atoms with Crippen LogP contribution in [0.15, 0.2) is 54.6 Å². The fourth-order valence-electron chi connectivity index (χ4n) is 7.13. The van der Waals surface area contributed by atoms with Crippen molar-refractivity contribution >= 4 is 55.0 Å². The smallest absolute Gasteiger partial charge is 0.274 e. The lowest BCUT2D eigenvalue weighted by molar-refractivity contribution is -0.140. The van der Waals surface area contributed by atoms with Gasteiger partial charge in [-0.15, -0.1) is 0 Å². The van der Waals surface area contributed by atoms with Crippen molar-refractivity contribution in [1.29, 1.82) is 0 Å². The Kier molecular flexibility index (Phi) is 8.86. The number of thiazole rings is 1. The molecule has 13 heteroatoms. The minimum atomic E-state index is -3.90. The second-order valence-corrected chi connectivity index (χ2v) is 17.3. The van der Waals surface area contributed by atoms with Crippen molar-refractivity contribution < 1.29 is 27.5 Å². The molecule has 7 rings (SSSR count). The minimum Gasteiger partial charge on any atom is -0.465 e. The number of hydrogen-bond donors (Lipinski definition) is 3. The third kappa shape index (κ3) is 6.63. The zero-order chi connectivity index (χ0) is 33.5. The van der Waals surface area contributed by atoms with Crippen molar-refractivity contribution in [3.8, 4) is 5.19 Å². The molecule has 2 aliphatic carbocycles. The van der Waals surface area contributed by atoms with Gasteiger partial charge in [0.1, 0.15) is 23.7 Å². The summed E-state index contributed by atoms with van der Waals surface area (Å²) in [5, 5.41) is 6.88. The average Bonchev–Trinajstić information content (AvgIpc) is 3.87. The molecule has 3 amide bonds. The van der Waals surface area contributed by atoms with Crippen LogP contribution in [0, 0.1) is 5.92 Å². The Morgan fingerprint density at radius 2 is 1.71 bits per heavy atom. The molecule has 3 N–H and O–H groups in total. The van der Waals surface area contributed by atoms with E-state index >= 15 is 0 Å². The fourth-order valence-corrected chi connectivity index (χ4v) is 9.33. The van der Waals surface area contributed by atoms with Crippen LogP contribution in [-0.2, 0) is 24.4 Å². The lowest BCUT2D eigenvalue weighted by Gasteiger charge is -2.30. The molecule has 5 atom stereocenters. The average molecular weight is 694 g/mol. The molecule has 3 aromatic rings. The van der Waals surface area contributed by atoms with Gasteiger partial charge in [0.05, 0.1) is 21.5 Å². The summed E-state index contributed by atoms with van der Waals surface area (Å²) < 4.78 is 34.8. The molecular formula is C35H43N5O6S2. The number of carbonyl (C=O) groups is 3. The molecule has 3 heterocycles. The molecule has 0 radical (unpaired) electrons. The number of carbonyl (C=O) groups excluding carboxylic acids is 3. The van der Waals surface area contributed by atoms with Gasteiger partial charge in [0.15, 0.2) is 0 Å². The molecule has 0 unspecified atom stereocenters. The predicted octanol–water partition coefficient (Wildman–Crippen LogP) is 4.74. The maximum absolute atomic E-state index is 14.4. The number of aromatic nitrogens is 1. The molecule has 2 aliphatic heterocycles. The van der Waals surface area contributed by atoms with Crippen molar-refractivity contribution in [2.24, 2.45) is 5.92 Å². The Morgan fingerprint density at radius 3 is 2.46 bits per heavy atom. The summed E-state index contributed by atoms with van der Waals surface area (Å²) in [4.78, 5) is 48.7. The molecule has 48 heavy (non-hydrogen) atoms. The molecule has 256 valence electrons. The van der Waals surface area contributed by atoms with E-state index in [0.29, 0.717) is 37.3 Å². The minimum absolute atomic E-state index is 0.176. The highest BCUT2D eigenvalue weighted by atomic mass is 32.2. The monoisotopic (exact) mass is 693 g/mol. The molecule has 11 nitrogen and oxygen atoms in total. The Bertz CT molecular complexity index is 1760. The highest BCUT2D eigenvalue weighted by Gasteiger charge is 2.63. The number of nitrogens with zero attached hydrogens (tertiary/aromatic N) is 2. The van der Waals surface area contributed by atoms with Gasteiger partial charge in [-0.2, -0.15) is 0 Å². The molecule has 0 spiro atoms.